The highest BCUT2D eigenvalue weighted by molar-refractivity contribution is 9.10. The fraction of sp³-hybridized carbons (Fsp3) is 0.222. The van der Waals surface area contributed by atoms with Crippen LogP contribution in [0.2, 0.25) is 0 Å². The number of fused-ring (bicyclic) bond motifs is 1. The molecule has 2 aromatic heterocycles. The summed E-state index contributed by atoms with van der Waals surface area (Å²) in [5, 5.41) is 2.89. The lowest BCUT2D eigenvalue weighted by molar-refractivity contribution is -0.127. The Morgan fingerprint density at radius 2 is 2.04 bits per heavy atom. The van der Waals surface area contributed by atoms with Crippen LogP contribution in [0.1, 0.15) is 18.4 Å². The molecule has 1 atom stereocenters. The molecular weight excluding hydrogens is 370 g/mol. The molecule has 0 bridgehead atoms. The molecular formula is C18H18BrN3O2. The number of nitrogens with zero attached hydrogens (tertiary/aromatic N) is 2. The second-order valence-electron chi connectivity index (χ2n) is 5.47. The number of aromatic nitrogens is 2. The predicted octanol–water partition coefficient (Wildman–Crippen LogP) is 3.49. The van der Waals surface area contributed by atoms with Gasteiger partial charge in [-0.1, -0.05) is 18.2 Å². The normalized spacial score (nSPS) is 12.1. The topological polar surface area (TPSA) is 55.6 Å². The zero-order valence-electron chi connectivity index (χ0n) is 13.5. The molecule has 0 aliphatic carbocycles. The Morgan fingerprint density at radius 1 is 1.29 bits per heavy atom. The van der Waals surface area contributed by atoms with Crippen molar-refractivity contribution in [1.82, 2.24) is 14.7 Å². The number of para-hydroxylation sites is 1. The summed E-state index contributed by atoms with van der Waals surface area (Å²) in [6.45, 7) is 4.03. The molecule has 0 spiro atoms. The summed E-state index contributed by atoms with van der Waals surface area (Å²) in [5.74, 6) is 1.36. The first kappa shape index (κ1) is 16.5. The molecule has 0 aliphatic heterocycles. The van der Waals surface area contributed by atoms with Gasteiger partial charge in [-0.15, -0.1) is 0 Å². The van der Waals surface area contributed by atoms with Crippen LogP contribution in [0, 0.1) is 6.92 Å². The summed E-state index contributed by atoms with van der Waals surface area (Å²) in [5.41, 5.74) is 1.84. The van der Waals surface area contributed by atoms with Gasteiger partial charge in [-0.3, -0.25) is 4.79 Å². The monoisotopic (exact) mass is 387 g/mol. The van der Waals surface area contributed by atoms with Gasteiger partial charge in [0.25, 0.3) is 5.91 Å². The molecule has 0 fully saturated rings. The Hall–Kier alpha value is -2.34. The summed E-state index contributed by atoms with van der Waals surface area (Å²) in [7, 11) is 0. The largest absolute Gasteiger partial charge is 0.480 e. The van der Waals surface area contributed by atoms with Crippen LogP contribution in [0.4, 0.5) is 0 Å². The van der Waals surface area contributed by atoms with Crippen LogP contribution < -0.4 is 10.1 Å². The second kappa shape index (κ2) is 7.05. The Labute approximate surface area is 148 Å². The van der Waals surface area contributed by atoms with Gasteiger partial charge in [-0.2, -0.15) is 0 Å². The number of halogens is 1. The number of aryl methyl sites for hydroxylation is 1. The number of nitrogens with one attached hydrogen (secondary N) is 1. The fourth-order valence-electron chi connectivity index (χ4n) is 2.50. The first-order valence-corrected chi connectivity index (χ1v) is 8.47. The summed E-state index contributed by atoms with van der Waals surface area (Å²) < 4.78 is 8.53. The van der Waals surface area contributed by atoms with Crippen molar-refractivity contribution in [2.24, 2.45) is 0 Å². The number of imidazole rings is 1. The molecule has 5 nitrogen and oxygen atoms in total. The van der Waals surface area contributed by atoms with Gasteiger partial charge >= 0.3 is 0 Å². The lowest BCUT2D eigenvalue weighted by Gasteiger charge is -2.15. The predicted molar refractivity (Wildman–Crippen MR) is 96.0 cm³/mol. The number of ether oxygens (including phenoxy) is 1. The summed E-state index contributed by atoms with van der Waals surface area (Å²) in [6.07, 6.45) is 1.36. The number of pyridine rings is 1. The number of hydrogen-bond acceptors (Lipinski definition) is 3. The van der Waals surface area contributed by atoms with E-state index in [1.54, 1.807) is 6.92 Å². The van der Waals surface area contributed by atoms with Crippen molar-refractivity contribution in [3.05, 3.63) is 64.7 Å². The number of carbonyl (C=O) groups excluding carboxylic acids is 1. The van der Waals surface area contributed by atoms with E-state index in [1.165, 1.54) is 0 Å². The highest BCUT2D eigenvalue weighted by atomic mass is 79.9. The van der Waals surface area contributed by atoms with Gasteiger partial charge in [-0.25, -0.2) is 4.98 Å². The van der Waals surface area contributed by atoms with Gasteiger partial charge in [0.05, 0.1) is 22.2 Å². The number of hydrogen-bond donors (Lipinski definition) is 1. The average Bonchev–Trinajstić information content (AvgIpc) is 2.91. The average molecular weight is 388 g/mol. The van der Waals surface area contributed by atoms with Gasteiger partial charge in [0, 0.05) is 6.20 Å². The number of amides is 1. The van der Waals surface area contributed by atoms with Gasteiger partial charge in [0.1, 0.15) is 11.6 Å². The number of benzene rings is 1. The van der Waals surface area contributed by atoms with Crippen LogP contribution in [-0.2, 0) is 11.3 Å². The van der Waals surface area contributed by atoms with Gasteiger partial charge in [0.2, 0.25) is 0 Å². The van der Waals surface area contributed by atoms with Crippen molar-refractivity contribution in [1.29, 1.82) is 0 Å². The zero-order valence-corrected chi connectivity index (χ0v) is 15.1. The minimum atomic E-state index is -0.598. The van der Waals surface area contributed by atoms with Crippen LogP contribution in [0.3, 0.4) is 0 Å². The molecule has 24 heavy (non-hydrogen) atoms. The van der Waals surface area contributed by atoms with Crippen LogP contribution >= 0.6 is 15.9 Å². The highest BCUT2D eigenvalue weighted by Gasteiger charge is 2.17. The summed E-state index contributed by atoms with van der Waals surface area (Å²) in [4.78, 5) is 16.8. The van der Waals surface area contributed by atoms with E-state index in [0.717, 1.165) is 21.5 Å². The van der Waals surface area contributed by atoms with Crippen LogP contribution in [0.5, 0.6) is 5.75 Å². The lowest BCUT2D eigenvalue weighted by Crippen LogP contribution is -2.36. The molecule has 0 saturated heterocycles. The van der Waals surface area contributed by atoms with E-state index < -0.39 is 6.10 Å². The number of carbonyl (C=O) groups is 1. The number of rotatable bonds is 5. The van der Waals surface area contributed by atoms with Crippen molar-refractivity contribution in [3.63, 3.8) is 0 Å². The first-order valence-electron chi connectivity index (χ1n) is 7.67. The molecule has 0 radical (unpaired) electrons. The van der Waals surface area contributed by atoms with Crippen molar-refractivity contribution in [3.8, 4) is 5.75 Å². The molecule has 1 aromatic carbocycles. The fourth-order valence-corrected chi connectivity index (χ4v) is 2.87. The molecule has 1 amide bonds. The molecule has 0 unspecified atom stereocenters. The smallest absolute Gasteiger partial charge is 0.261 e. The van der Waals surface area contributed by atoms with E-state index in [1.807, 2.05) is 60.0 Å². The van der Waals surface area contributed by atoms with E-state index in [-0.39, 0.29) is 5.91 Å². The molecule has 3 rings (SSSR count). The Balaban J connectivity index is 1.65. The van der Waals surface area contributed by atoms with Crippen molar-refractivity contribution >= 4 is 27.4 Å². The molecule has 1 N–H and O–H groups in total. The van der Waals surface area contributed by atoms with E-state index in [2.05, 4.69) is 26.2 Å². The lowest BCUT2D eigenvalue weighted by atomic mass is 10.3. The SMILES string of the molecule is Cc1nc(CNC(=O)[C@@H](C)Oc2ccccc2Br)c2ccccn12. The van der Waals surface area contributed by atoms with Gasteiger partial charge < -0.3 is 14.5 Å². The quantitative estimate of drug-likeness (QED) is 0.728. The Morgan fingerprint density at radius 3 is 2.83 bits per heavy atom. The third kappa shape index (κ3) is 3.43. The minimum Gasteiger partial charge on any atom is -0.480 e. The maximum Gasteiger partial charge on any atom is 0.261 e. The third-order valence-electron chi connectivity index (χ3n) is 3.74. The van der Waals surface area contributed by atoms with Gasteiger partial charge in [0.15, 0.2) is 6.10 Å². The second-order valence-corrected chi connectivity index (χ2v) is 6.32. The summed E-state index contributed by atoms with van der Waals surface area (Å²) in [6, 6.07) is 13.4. The molecule has 0 saturated carbocycles. The molecule has 6 heteroatoms. The van der Waals surface area contributed by atoms with E-state index >= 15 is 0 Å². The van der Waals surface area contributed by atoms with E-state index in [4.69, 9.17) is 4.74 Å². The molecule has 0 aliphatic rings. The van der Waals surface area contributed by atoms with Gasteiger partial charge in [-0.05, 0) is 54.0 Å². The molecule has 2 heterocycles. The highest BCUT2D eigenvalue weighted by Crippen LogP contribution is 2.24. The van der Waals surface area contributed by atoms with Crippen LogP contribution in [0.25, 0.3) is 5.52 Å². The minimum absolute atomic E-state index is 0.180. The third-order valence-corrected chi connectivity index (χ3v) is 4.40. The molecule has 3 aromatic rings. The summed E-state index contributed by atoms with van der Waals surface area (Å²) >= 11 is 3.41. The Kier molecular flexibility index (Phi) is 4.85. The van der Waals surface area contributed by atoms with Crippen molar-refractivity contribution < 1.29 is 9.53 Å². The maximum atomic E-state index is 12.3. The maximum absolute atomic E-state index is 12.3. The molecule has 124 valence electrons. The zero-order chi connectivity index (χ0) is 17.1. The van der Waals surface area contributed by atoms with Crippen LogP contribution in [-0.4, -0.2) is 21.4 Å². The van der Waals surface area contributed by atoms with Crippen molar-refractivity contribution in [2.45, 2.75) is 26.5 Å². The standard InChI is InChI=1S/C18H18BrN3O2/c1-12(24-17-9-4-3-7-14(17)19)18(23)20-11-15-16-8-5-6-10-22(16)13(2)21-15/h3-10,12H,11H2,1-2H3,(H,20,23)/t12-/m1/s1. The van der Waals surface area contributed by atoms with E-state index in [0.29, 0.717) is 12.3 Å². The van der Waals surface area contributed by atoms with Crippen molar-refractivity contribution in [2.75, 3.05) is 0 Å². The van der Waals surface area contributed by atoms with E-state index in [9.17, 15) is 4.79 Å². The Bertz CT molecular complexity index is 876. The van der Waals surface area contributed by atoms with Crippen LogP contribution in [0.15, 0.2) is 53.1 Å². The first-order chi connectivity index (χ1) is 11.6.